The van der Waals surface area contributed by atoms with E-state index in [1.807, 2.05) is 39.1 Å². The first-order chi connectivity index (χ1) is 13.9. The summed E-state index contributed by atoms with van der Waals surface area (Å²) in [6.07, 6.45) is 3.33. The molecule has 0 amide bonds. The average molecular weight is 394 g/mol. The fourth-order valence-corrected chi connectivity index (χ4v) is 2.95. The van der Waals surface area contributed by atoms with E-state index in [0.717, 1.165) is 16.8 Å². The topological polar surface area (TPSA) is 114 Å². The van der Waals surface area contributed by atoms with Crippen molar-refractivity contribution in [2.24, 2.45) is 13.0 Å². The fourth-order valence-electron chi connectivity index (χ4n) is 2.95. The van der Waals surface area contributed by atoms with Crippen molar-refractivity contribution in [1.29, 1.82) is 5.41 Å². The Morgan fingerprint density at radius 1 is 1.31 bits per heavy atom. The molecule has 3 N–H and O–H groups in total. The zero-order valence-electron chi connectivity index (χ0n) is 17.3. The number of rotatable bonds is 8. The Kier molecular flexibility index (Phi) is 6.06. The smallest absolute Gasteiger partial charge is 0.222 e. The van der Waals surface area contributed by atoms with Gasteiger partial charge in [0.15, 0.2) is 5.82 Å². The van der Waals surface area contributed by atoms with Gasteiger partial charge in [-0.15, -0.1) is 0 Å². The van der Waals surface area contributed by atoms with E-state index >= 15 is 0 Å². The zero-order valence-corrected chi connectivity index (χ0v) is 17.3. The molecule has 0 saturated carbocycles. The quantitative estimate of drug-likeness (QED) is 0.503. The van der Waals surface area contributed by atoms with Crippen molar-refractivity contribution in [2.75, 3.05) is 24.8 Å². The highest BCUT2D eigenvalue weighted by Crippen LogP contribution is 2.34. The first-order valence-corrected chi connectivity index (χ1v) is 9.34. The summed E-state index contributed by atoms with van der Waals surface area (Å²) in [6, 6.07) is 5.66. The number of nitrogens with zero attached hydrogens (tertiary/aromatic N) is 5. The normalized spacial score (nSPS) is 10.8. The Hall–Kier alpha value is -3.49. The van der Waals surface area contributed by atoms with Crippen molar-refractivity contribution in [3.05, 3.63) is 42.1 Å². The molecular weight excluding hydrogens is 368 g/mol. The standard InChI is InChI=1S/C20H26N8O/c1-12(2)18(21)17-15(24-10-16-25-11-28(4)27-16)9-14(26-19(17)22-3)13-7-6-8-23-20(13)29-5/h6-9,11-12,21H,10H2,1-5H3,(H2,22,24,26). The minimum absolute atomic E-state index is 0.0382. The lowest BCUT2D eigenvalue weighted by molar-refractivity contribution is 0.399. The number of methoxy groups -OCH3 is 1. The van der Waals surface area contributed by atoms with Crippen LogP contribution in [0.5, 0.6) is 5.88 Å². The number of nitrogens with one attached hydrogen (secondary N) is 3. The van der Waals surface area contributed by atoms with Gasteiger partial charge in [0.2, 0.25) is 5.88 Å². The number of ether oxygens (including phenoxy) is 1. The zero-order chi connectivity index (χ0) is 21.0. The fraction of sp³-hybridized carbons (Fsp3) is 0.350. The van der Waals surface area contributed by atoms with Gasteiger partial charge in [-0.2, -0.15) is 5.10 Å². The van der Waals surface area contributed by atoms with Crippen LogP contribution in [0.4, 0.5) is 11.5 Å². The number of anilines is 2. The molecule has 0 saturated heterocycles. The van der Waals surface area contributed by atoms with Crippen molar-refractivity contribution in [1.82, 2.24) is 24.7 Å². The van der Waals surface area contributed by atoms with Crippen LogP contribution in [0.2, 0.25) is 0 Å². The first kappa shape index (κ1) is 20.2. The Balaban J connectivity index is 2.11. The lowest BCUT2D eigenvalue weighted by Gasteiger charge is -2.19. The third-order valence-electron chi connectivity index (χ3n) is 4.43. The van der Waals surface area contributed by atoms with Gasteiger partial charge in [0.25, 0.3) is 0 Å². The second kappa shape index (κ2) is 8.68. The van der Waals surface area contributed by atoms with Crippen LogP contribution in [-0.2, 0) is 13.6 Å². The van der Waals surface area contributed by atoms with Gasteiger partial charge in [0, 0.05) is 31.7 Å². The molecule has 9 nitrogen and oxygen atoms in total. The van der Waals surface area contributed by atoms with Crippen molar-refractivity contribution in [2.45, 2.75) is 20.4 Å². The molecule has 152 valence electrons. The first-order valence-electron chi connectivity index (χ1n) is 9.34. The van der Waals surface area contributed by atoms with Crippen LogP contribution in [-0.4, -0.2) is 44.6 Å². The van der Waals surface area contributed by atoms with E-state index in [1.165, 1.54) is 0 Å². The van der Waals surface area contributed by atoms with Crippen molar-refractivity contribution in [3.8, 4) is 17.1 Å². The maximum absolute atomic E-state index is 8.62. The minimum atomic E-state index is 0.0382. The lowest BCUT2D eigenvalue weighted by atomic mass is 9.97. The Morgan fingerprint density at radius 3 is 2.72 bits per heavy atom. The van der Waals surface area contributed by atoms with Gasteiger partial charge in [0.05, 0.1) is 30.5 Å². The molecule has 0 aliphatic rings. The van der Waals surface area contributed by atoms with Crippen LogP contribution < -0.4 is 15.4 Å². The molecule has 0 aliphatic heterocycles. The number of aromatic nitrogens is 5. The van der Waals surface area contributed by atoms with Crippen molar-refractivity contribution >= 4 is 17.2 Å². The summed E-state index contributed by atoms with van der Waals surface area (Å²) >= 11 is 0. The van der Waals surface area contributed by atoms with Crippen LogP contribution in [0.15, 0.2) is 30.7 Å². The Labute approximate surface area is 170 Å². The van der Waals surface area contributed by atoms with Gasteiger partial charge in [-0.05, 0) is 24.1 Å². The molecule has 9 heteroatoms. The molecule has 29 heavy (non-hydrogen) atoms. The summed E-state index contributed by atoms with van der Waals surface area (Å²) in [5.74, 6) is 1.81. The van der Waals surface area contributed by atoms with E-state index < -0.39 is 0 Å². The summed E-state index contributed by atoms with van der Waals surface area (Å²) in [7, 11) is 5.21. The molecule has 3 rings (SSSR count). The highest BCUT2D eigenvalue weighted by atomic mass is 16.5. The van der Waals surface area contributed by atoms with Crippen LogP contribution in [0.25, 0.3) is 11.3 Å². The highest BCUT2D eigenvalue weighted by molar-refractivity contribution is 6.08. The Bertz CT molecular complexity index is 1010. The summed E-state index contributed by atoms with van der Waals surface area (Å²) < 4.78 is 7.06. The molecule has 3 aromatic heterocycles. The average Bonchev–Trinajstić information content (AvgIpc) is 3.15. The molecule has 0 aromatic carbocycles. The number of hydrogen-bond acceptors (Lipinski definition) is 8. The number of aryl methyl sites for hydroxylation is 1. The van der Waals surface area contributed by atoms with Crippen LogP contribution in [0, 0.1) is 11.3 Å². The highest BCUT2D eigenvalue weighted by Gasteiger charge is 2.20. The maximum Gasteiger partial charge on any atom is 0.222 e. The van der Waals surface area contributed by atoms with Crippen LogP contribution >= 0.6 is 0 Å². The molecule has 0 aliphatic carbocycles. The second-order valence-corrected chi connectivity index (χ2v) is 6.85. The summed E-state index contributed by atoms with van der Waals surface area (Å²) in [6.45, 7) is 4.41. The van der Waals surface area contributed by atoms with Gasteiger partial charge >= 0.3 is 0 Å². The van der Waals surface area contributed by atoms with Gasteiger partial charge < -0.3 is 20.8 Å². The van der Waals surface area contributed by atoms with Crippen LogP contribution in [0.1, 0.15) is 25.2 Å². The maximum atomic E-state index is 8.62. The Morgan fingerprint density at radius 2 is 2.10 bits per heavy atom. The van der Waals surface area contributed by atoms with E-state index in [1.54, 1.807) is 31.4 Å². The van der Waals surface area contributed by atoms with Crippen molar-refractivity contribution < 1.29 is 4.74 Å². The third-order valence-corrected chi connectivity index (χ3v) is 4.43. The summed E-state index contributed by atoms with van der Waals surface area (Å²) in [4.78, 5) is 13.3. The molecule has 0 unspecified atom stereocenters. The molecule has 0 atom stereocenters. The van der Waals surface area contributed by atoms with E-state index in [0.29, 0.717) is 35.5 Å². The molecule has 0 spiro atoms. The van der Waals surface area contributed by atoms with Gasteiger partial charge in [-0.3, -0.25) is 4.68 Å². The minimum Gasteiger partial charge on any atom is -0.481 e. The third kappa shape index (κ3) is 4.34. The summed E-state index contributed by atoms with van der Waals surface area (Å²) in [5, 5.41) is 19.4. The SMILES string of the molecule is CNc1nc(-c2cccnc2OC)cc(NCc2ncn(C)n2)c1C(=N)C(C)C. The van der Waals surface area contributed by atoms with Gasteiger partial charge in [0.1, 0.15) is 12.1 Å². The largest absolute Gasteiger partial charge is 0.481 e. The van der Waals surface area contributed by atoms with Gasteiger partial charge in [-0.1, -0.05) is 13.8 Å². The van der Waals surface area contributed by atoms with Crippen LogP contribution in [0.3, 0.4) is 0 Å². The molecular formula is C20H26N8O. The second-order valence-electron chi connectivity index (χ2n) is 6.85. The van der Waals surface area contributed by atoms with Gasteiger partial charge in [-0.25, -0.2) is 15.0 Å². The molecule has 0 radical (unpaired) electrons. The predicted octanol–water partition coefficient (Wildman–Crippen LogP) is 2.96. The van der Waals surface area contributed by atoms with E-state index in [9.17, 15) is 0 Å². The van der Waals surface area contributed by atoms with E-state index in [4.69, 9.17) is 15.1 Å². The molecule has 3 heterocycles. The monoisotopic (exact) mass is 394 g/mol. The molecule has 0 fully saturated rings. The lowest BCUT2D eigenvalue weighted by Crippen LogP contribution is -2.16. The molecule has 3 aromatic rings. The number of pyridine rings is 2. The predicted molar refractivity (Wildman–Crippen MR) is 114 cm³/mol. The number of hydrogen-bond donors (Lipinski definition) is 3. The van der Waals surface area contributed by atoms with Crippen molar-refractivity contribution in [3.63, 3.8) is 0 Å². The summed E-state index contributed by atoms with van der Waals surface area (Å²) in [5.41, 5.74) is 3.45. The molecule has 0 bridgehead atoms. The van der Waals surface area contributed by atoms with E-state index in [2.05, 4.69) is 25.7 Å². The van der Waals surface area contributed by atoms with E-state index in [-0.39, 0.29) is 5.92 Å².